The van der Waals surface area contributed by atoms with Gasteiger partial charge in [0.2, 0.25) is 0 Å². The van der Waals surface area contributed by atoms with Crippen LogP contribution in [0, 0.1) is 0 Å². The van der Waals surface area contributed by atoms with Crippen LogP contribution in [0.1, 0.15) is 10.4 Å². The molecule has 0 atom stereocenters. The van der Waals surface area contributed by atoms with Crippen molar-refractivity contribution in [1.82, 2.24) is 5.32 Å². The zero-order chi connectivity index (χ0) is 14.5. The van der Waals surface area contributed by atoms with Crippen LogP contribution in [-0.4, -0.2) is 30.3 Å². The fourth-order valence-corrected chi connectivity index (χ4v) is 1.25. The third-order valence-electron chi connectivity index (χ3n) is 1.97. The zero-order valence-electron chi connectivity index (χ0n) is 9.67. The van der Waals surface area contributed by atoms with E-state index in [4.69, 9.17) is 17.3 Å². The molecule has 1 amide bonds. The van der Waals surface area contributed by atoms with Crippen LogP contribution in [0.2, 0.25) is 0 Å². The smallest absolute Gasteiger partial charge is 0.386 e. The largest absolute Gasteiger partial charge is 0.405 e. The predicted molar refractivity (Wildman–Crippen MR) is 66.8 cm³/mol. The molecule has 0 aliphatic heterocycles. The Hall–Kier alpha value is -1.76. The second kappa shape index (κ2) is 6.42. The molecule has 0 unspecified atom stereocenters. The molecule has 1 aromatic rings. The standard InChI is InChI=1S/C11H11ClF3N3O/c12-5-9(16)18-8-3-1-2-7(4-8)10(19)17-6-11(13,14)15/h1-4H,5-6H2,(H2,16,18)(H,17,19). The second-order valence-corrected chi connectivity index (χ2v) is 3.85. The Balaban J connectivity index is 2.79. The molecule has 4 nitrogen and oxygen atoms in total. The maximum absolute atomic E-state index is 12.0. The number of nitrogens with one attached hydrogen (secondary N) is 1. The van der Waals surface area contributed by atoms with Gasteiger partial charge in [-0.2, -0.15) is 13.2 Å². The number of carbonyl (C=O) groups is 1. The van der Waals surface area contributed by atoms with Crippen molar-refractivity contribution in [3.05, 3.63) is 29.8 Å². The van der Waals surface area contributed by atoms with Gasteiger partial charge < -0.3 is 11.1 Å². The van der Waals surface area contributed by atoms with Crippen LogP contribution in [0.3, 0.4) is 0 Å². The molecule has 104 valence electrons. The van der Waals surface area contributed by atoms with Gasteiger partial charge in [-0.1, -0.05) is 6.07 Å². The van der Waals surface area contributed by atoms with Crippen LogP contribution >= 0.6 is 11.6 Å². The van der Waals surface area contributed by atoms with Crippen molar-refractivity contribution in [1.29, 1.82) is 0 Å². The van der Waals surface area contributed by atoms with Crippen molar-refractivity contribution >= 4 is 29.0 Å². The number of amides is 1. The Bertz CT molecular complexity index is 488. The highest BCUT2D eigenvalue weighted by Gasteiger charge is 2.27. The van der Waals surface area contributed by atoms with Gasteiger partial charge in [0.25, 0.3) is 5.91 Å². The molecule has 0 aliphatic carbocycles. The molecule has 1 rings (SSSR count). The molecule has 0 heterocycles. The molecule has 0 bridgehead atoms. The third-order valence-corrected chi connectivity index (χ3v) is 2.24. The van der Waals surface area contributed by atoms with Gasteiger partial charge in [0, 0.05) is 5.56 Å². The summed E-state index contributed by atoms with van der Waals surface area (Å²) in [4.78, 5) is 15.4. The number of hydrogen-bond acceptors (Lipinski definition) is 2. The van der Waals surface area contributed by atoms with Crippen LogP contribution in [0.25, 0.3) is 0 Å². The zero-order valence-corrected chi connectivity index (χ0v) is 10.4. The maximum atomic E-state index is 12.0. The molecule has 0 saturated carbocycles. The number of halogens is 4. The summed E-state index contributed by atoms with van der Waals surface area (Å²) in [6.07, 6.45) is -4.45. The van der Waals surface area contributed by atoms with Gasteiger partial charge in [0.15, 0.2) is 0 Å². The predicted octanol–water partition coefficient (Wildman–Crippen LogP) is 2.21. The second-order valence-electron chi connectivity index (χ2n) is 3.58. The molecular formula is C11H11ClF3N3O. The Morgan fingerprint density at radius 1 is 1.42 bits per heavy atom. The number of amidine groups is 1. The van der Waals surface area contributed by atoms with Crippen molar-refractivity contribution in [2.45, 2.75) is 6.18 Å². The molecule has 8 heteroatoms. The first-order valence-corrected chi connectivity index (χ1v) is 5.69. The van der Waals surface area contributed by atoms with Crippen molar-refractivity contribution < 1.29 is 18.0 Å². The summed E-state index contributed by atoms with van der Waals surface area (Å²) in [5.41, 5.74) is 5.82. The molecule has 1 aromatic carbocycles. The monoisotopic (exact) mass is 293 g/mol. The highest BCUT2D eigenvalue weighted by Crippen LogP contribution is 2.16. The van der Waals surface area contributed by atoms with Crippen LogP contribution in [0.5, 0.6) is 0 Å². The van der Waals surface area contributed by atoms with E-state index in [0.717, 1.165) is 0 Å². The lowest BCUT2D eigenvalue weighted by molar-refractivity contribution is -0.123. The SMILES string of the molecule is NC(CCl)=Nc1cccc(C(=O)NCC(F)(F)F)c1. The summed E-state index contributed by atoms with van der Waals surface area (Å²) >= 11 is 5.44. The number of aliphatic imine (C=N–C) groups is 1. The molecule has 3 N–H and O–H groups in total. The summed E-state index contributed by atoms with van der Waals surface area (Å²) in [7, 11) is 0. The van der Waals surface area contributed by atoms with Gasteiger partial charge in [-0.15, -0.1) is 11.6 Å². The van der Waals surface area contributed by atoms with Crippen LogP contribution in [0.4, 0.5) is 18.9 Å². The fraction of sp³-hybridized carbons (Fsp3) is 0.273. The summed E-state index contributed by atoms with van der Waals surface area (Å²) in [5, 5.41) is 1.76. The molecule has 0 spiro atoms. The minimum Gasteiger partial charge on any atom is -0.386 e. The number of hydrogen-bond donors (Lipinski definition) is 2. The summed E-state index contributed by atoms with van der Waals surface area (Å²) in [5.74, 6) is -0.668. The van der Waals surface area contributed by atoms with E-state index in [1.54, 1.807) is 11.4 Å². The van der Waals surface area contributed by atoms with E-state index < -0.39 is 18.6 Å². The molecule has 0 aliphatic rings. The van der Waals surface area contributed by atoms with E-state index in [0.29, 0.717) is 5.69 Å². The summed E-state index contributed by atoms with van der Waals surface area (Å²) in [6.45, 7) is -1.39. The first-order valence-electron chi connectivity index (χ1n) is 5.16. The van der Waals surface area contributed by atoms with E-state index in [9.17, 15) is 18.0 Å². The van der Waals surface area contributed by atoms with Crippen molar-refractivity contribution in [2.24, 2.45) is 10.7 Å². The van der Waals surface area contributed by atoms with Crippen LogP contribution < -0.4 is 11.1 Å². The van der Waals surface area contributed by atoms with Gasteiger partial charge in [-0.05, 0) is 18.2 Å². The van der Waals surface area contributed by atoms with Gasteiger partial charge in [-0.25, -0.2) is 4.99 Å². The van der Waals surface area contributed by atoms with Gasteiger partial charge in [0.05, 0.1) is 11.6 Å². The van der Waals surface area contributed by atoms with E-state index in [1.807, 2.05) is 0 Å². The Kier molecular flexibility index (Phi) is 5.17. The van der Waals surface area contributed by atoms with E-state index >= 15 is 0 Å². The lowest BCUT2D eigenvalue weighted by Crippen LogP contribution is -2.33. The fourth-order valence-electron chi connectivity index (χ4n) is 1.19. The van der Waals surface area contributed by atoms with E-state index in [2.05, 4.69) is 4.99 Å². The van der Waals surface area contributed by atoms with E-state index in [-0.39, 0.29) is 17.3 Å². The first kappa shape index (κ1) is 15.3. The number of alkyl halides is 4. The minimum atomic E-state index is -4.45. The number of nitrogens with two attached hydrogens (primary N) is 1. The summed E-state index contributed by atoms with van der Waals surface area (Å²) in [6, 6.07) is 5.75. The van der Waals surface area contributed by atoms with Gasteiger partial charge >= 0.3 is 6.18 Å². The summed E-state index contributed by atoms with van der Waals surface area (Å²) < 4.78 is 35.9. The lowest BCUT2D eigenvalue weighted by atomic mass is 10.2. The molecule has 0 fully saturated rings. The quantitative estimate of drug-likeness (QED) is 0.508. The average molecular weight is 294 g/mol. The first-order chi connectivity index (χ1) is 8.81. The molecule has 19 heavy (non-hydrogen) atoms. The third kappa shape index (κ3) is 5.60. The normalized spacial score (nSPS) is 12.3. The Labute approximate surface area is 112 Å². The van der Waals surface area contributed by atoms with Gasteiger partial charge in [-0.3, -0.25) is 4.79 Å². The van der Waals surface area contributed by atoms with Crippen molar-refractivity contribution in [2.75, 3.05) is 12.4 Å². The van der Waals surface area contributed by atoms with Crippen LogP contribution in [0.15, 0.2) is 29.3 Å². The van der Waals surface area contributed by atoms with Crippen molar-refractivity contribution in [3.8, 4) is 0 Å². The minimum absolute atomic E-state index is 0.0184. The van der Waals surface area contributed by atoms with Crippen molar-refractivity contribution in [3.63, 3.8) is 0 Å². The highest BCUT2D eigenvalue weighted by atomic mass is 35.5. The molecule has 0 aromatic heterocycles. The maximum Gasteiger partial charge on any atom is 0.405 e. The topological polar surface area (TPSA) is 67.5 Å². The Morgan fingerprint density at radius 2 is 2.11 bits per heavy atom. The lowest BCUT2D eigenvalue weighted by Gasteiger charge is -2.08. The Morgan fingerprint density at radius 3 is 2.68 bits per heavy atom. The molecule has 0 radical (unpaired) electrons. The van der Waals surface area contributed by atoms with Gasteiger partial charge in [0.1, 0.15) is 12.4 Å². The highest BCUT2D eigenvalue weighted by molar-refractivity contribution is 6.28. The number of nitrogens with zero attached hydrogens (tertiary/aromatic N) is 1. The van der Waals surface area contributed by atoms with E-state index in [1.165, 1.54) is 18.2 Å². The average Bonchev–Trinajstić information content (AvgIpc) is 2.35. The molecule has 0 saturated heterocycles. The number of rotatable bonds is 4. The number of benzene rings is 1. The number of carbonyl (C=O) groups excluding carboxylic acids is 1. The molecular weight excluding hydrogens is 283 g/mol. The van der Waals surface area contributed by atoms with Crippen LogP contribution in [-0.2, 0) is 0 Å².